The topological polar surface area (TPSA) is 15.3 Å². The van der Waals surface area contributed by atoms with E-state index in [0.29, 0.717) is 6.04 Å². The predicted octanol–water partition coefficient (Wildman–Crippen LogP) is 2.96. The van der Waals surface area contributed by atoms with Crippen LogP contribution >= 0.6 is 0 Å². The van der Waals surface area contributed by atoms with E-state index in [2.05, 4.69) is 62.3 Å². The molecule has 0 aromatic heterocycles. The first kappa shape index (κ1) is 12.4. The molecule has 94 valence electrons. The maximum Gasteiger partial charge on any atom is 0.0498 e. The number of benzene rings is 1. The largest absolute Gasteiger partial charge is 0.365 e. The van der Waals surface area contributed by atoms with E-state index >= 15 is 0 Å². The Kier molecular flexibility index (Phi) is 3.43. The zero-order valence-corrected chi connectivity index (χ0v) is 11.5. The van der Waals surface area contributed by atoms with Crippen LogP contribution in [0.15, 0.2) is 24.3 Å². The molecular weight excluding hydrogens is 208 g/mol. The summed E-state index contributed by atoms with van der Waals surface area (Å²) in [6, 6.07) is 9.41. The van der Waals surface area contributed by atoms with Crippen molar-refractivity contribution in [3.8, 4) is 0 Å². The maximum absolute atomic E-state index is 3.47. The van der Waals surface area contributed by atoms with Gasteiger partial charge >= 0.3 is 0 Å². The molecule has 0 radical (unpaired) electrons. The zero-order chi connectivity index (χ0) is 12.5. The molecule has 0 spiro atoms. The van der Waals surface area contributed by atoms with Crippen molar-refractivity contribution in [2.75, 3.05) is 18.5 Å². The van der Waals surface area contributed by atoms with Crippen molar-refractivity contribution < 1.29 is 0 Å². The molecule has 2 rings (SSSR count). The third-order valence-electron chi connectivity index (χ3n) is 4.08. The highest BCUT2D eigenvalue weighted by atomic mass is 15.2. The Morgan fingerprint density at radius 2 is 2.12 bits per heavy atom. The minimum absolute atomic E-state index is 0.181. The van der Waals surface area contributed by atoms with Crippen LogP contribution in [0.5, 0.6) is 0 Å². The van der Waals surface area contributed by atoms with Gasteiger partial charge in [-0.3, -0.25) is 0 Å². The van der Waals surface area contributed by atoms with Gasteiger partial charge in [-0.15, -0.1) is 0 Å². The van der Waals surface area contributed by atoms with Crippen LogP contribution in [0, 0.1) is 6.92 Å². The number of piperidine rings is 1. The van der Waals surface area contributed by atoms with Crippen LogP contribution in [0.4, 0.5) is 5.69 Å². The Hall–Kier alpha value is -1.02. The van der Waals surface area contributed by atoms with Crippen LogP contribution in [-0.4, -0.2) is 25.2 Å². The Labute approximate surface area is 105 Å². The number of likely N-dealkylation sites (N-methyl/N-ethyl adjacent to an activating group) is 1. The second kappa shape index (κ2) is 4.69. The molecule has 0 amide bonds. The number of nitrogens with zero attached hydrogens (tertiary/aromatic N) is 1. The van der Waals surface area contributed by atoms with E-state index < -0.39 is 0 Å². The highest BCUT2D eigenvalue weighted by Crippen LogP contribution is 2.32. The molecule has 1 saturated heterocycles. The van der Waals surface area contributed by atoms with Gasteiger partial charge in [0, 0.05) is 23.8 Å². The number of rotatable bonds is 2. The standard InChI is InChI=1S/C15H24N2/c1-12-7-5-8-13(11-12)17-10-6-9-14(16-4)15(17,2)3/h5,7-8,11,14,16H,6,9-10H2,1-4H3. The summed E-state index contributed by atoms with van der Waals surface area (Å²) in [6.45, 7) is 8.01. The van der Waals surface area contributed by atoms with Crippen molar-refractivity contribution in [1.29, 1.82) is 0 Å². The van der Waals surface area contributed by atoms with Crippen molar-refractivity contribution in [2.24, 2.45) is 0 Å². The molecule has 1 unspecified atom stereocenters. The van der Waals surface area contributed by atoms with Crippen LogP contribution < -0.4 is 10.2 Å². The van der Waals surface area contributed by atoms with Crippen molar-refractivity contribution >= 4 is 5.69 Å². The van der Waals surface area contributed by atoms with Gasteiger partial charge in [0.15, 0.2) is 0 Å². The second-order valence-corrected chi connectivity index (χ2v) is 5.63. The highest BCUT2D eigenvalue weighted by molar-refractivity contribution is 5.51. The fourth-order valence-corrected chi connectivity index (χ4v) is 3.04. The maximum atomic E-state index is 3.47. The Balaban J connectivity index is 2.31. The molecule has 0 bridgehead atoms. The van der Waals surface area contributed by atoms with Crippen LogP contribution in [0.3, 0.4) is 0 Å². The fourth-order valence-electron chi connectivity index (χ4n) is 3.04. The third-order valence-corrected chi connectivity index (χ3v) is 4.08. The van der Waals surface area contributed by atoms with Crippen LogP contribution in [-0.2, 0) is 0 Å². The van der Waals surface area contributed by atoms with Crippen LogP contribution in [0.25, 0.3) is 0 Å². The van der Waals surface area contributed by atoms with Gasteiger partial charge in [0.1, 0.15) is 0 Å². The molecule has 0 aliphatic carbocycles. The van der Waals surface area contributed by atoms with Gasteiger partial charge in [0.2, 0.25) is 0 Å². The van der Waals surface area contributed by atoms with E-state index in [1.165, 1.54) is 24.1 Å². The van der Waals surface area contributed by atoms with Gasteiger partial charge in [-0.2, -0.15) is 0 Å². The molecule has 1 heterocycles. The predicted molar refractivity (Wildman–Crippen MR) is 74.7 cm³/mol. The molecule has 1 fully saturated rings. The summed E-state index contributed by atoms with van der Waals surface area (Å²) in [5, 5.41) is 3.47. The summed E-state index contributed by atoms with van der Waals surface area (Å²) in [5.41, 5.74) is 2.88. The molecule has 2 nitrogen and oxygen atoms in total. The SMILES string of the molecule is CNC1CCCN(c2cccc(C)c2)C1(C)C. The second-order valence-electron chi connectivity index (χ2n) is 5.63. The summed E-state index contributed by atoms with van der Waals surface area (Å²) in [6.07, 6.45) is 2.54. The lowest BCUT2D eigenvalue weighted by Crippen LogP contribution is -2.60. The monoisotopic (exact) mass is 232 g/mol. The van der Waals surface area contributed by atoms with Crippen molar-refractivity contribution in [3.05, 3.63) is 29.8 Å². The van der Waals surface area contributed by atoms with Gasteiger partial charge in [-0.05, 0) is 58.4 Å². The van der Waals surface area contributed by atoms with Gasteiger partial charge in [-0.1, -0.05) is 12.1 Å². The molecule has 1 atom stereocenters. The first-order valence-corrected chi connectivity index (χ1v) is 6.57. The lowest BCUT2D eigenvalue weighted by Gasteiger charge is -2.49. The molecule has 1 N–H and O–H groups in total. The number of nitrogens with one attached hydrogen (secondary N) is 1. The lowest BCUT2D eigenvalue weighted by atomic mass is 9.84. The molecule has 1 aromatic carbocycles. The number of anilines is 1. The van der Waals surface area contributed by atoms with E-state index in [-0.39, 0.29) is 5.54 Å². The first-order valence-electron chi connectivity index (χ1n) is 6.57. The van der Waals surface area contributed by atoms with E-state index in [1.54, 1.807) is 0 Å². The van der Waals surface area contributed by atoms with Crippen molar-refractivity contribution in [1.82, 2.24) is 5.32 Å². The average molecular weight is 232 g/mol. The van der Waals surface area contributed by atoms with Gasteiger partial charge < -0.3 is 10.2 Å². The average Bonchev–Trinajstić information content (AvgIpc) is 2.28. The first-order chi connectivity index (χ1) is 8.05. The molecule has 1 aliphatic rings. The minimum atomic E-state index is 0.181. The van der Waals surface area contributed by atoms with Crippen LogP contribution in [0.1, 0.15) is 32.3 Å². The zero-order valence-electron chi connectivity index (χ0n) is 11.5. The molecule has 1 aromatic rings. The fraction of sp³-hybridized carbons (Fsp3) is 0.600. The van der Waals surface area contributed by atoms with E-state index in [0.717, 1.165) is 6.54 Å². The summed E-state index contributed by atoms with van der Waals surface area (Å²) in [4.78, 5) is 2.55. The quantitative estimate of drug-likeness (QED) is 0.843. The van der Waals surface area contributed by atoms with Crippen LogP contribution in [0.2, 0.25) is 0 Å². The smallest absolute Gasteiger partial charge is 0.0498 e. The van der Waals surface area contributed by atoms with Crippen molar-refractivity contribution in [2.45, 2.75) is 45.2 Å². The van der Waals surface area contributed by atoms with Gasteiger partial charge in [-0.25, -0.2) is 0 Å². The van der Waals surface area contributed by atoms with E-state index in [9.17, 15) is 0 Å². The third kappa shape index (κ3) is 2.32. The van der Waals surface area contributed by atoms with Gasteiger partial charge in [0.05, 0.1) is 0 Å². The molecule has 1 aliphatic heterocycles. The molecule has 0 saturated carbocycles. The number of hydrogen-bond acceptors (Lipinski definition) is 2. The summed E-state index contributed by atoms with van der Waals surface area (Å²) in [7, 11) is 2.08. The molecular formula is C15H24N2. The Bertz CT molecular complexity index is 384. The highest BCUT2D eigenvalue weighted by Gasteiger charge is 2.37. The summed E-state index contributed by atoms with van der Waals surface area (Å²) < 4.78 is 0. The number of aryl methyl sites for hydroxylation is 1. The Morgan fingerprint density at radius 3 is 2.76 bits per heavy atom. The normalized spacial score (nSPS) is 23.8. The summed E-state index contributed by atoms with van der Waals surface area (Å²) >= 11 is 0. The lowest BCUT2D eigenvalue weighted by molar-refractivity contribution is 0.275. The molecule has 2 heteroatoms. The number of hydrogen-bond donors (Lipinski definition) is 1. The van der Waals surface area contributed by atoms with Gasteiger partial charge in [0.25, 0.3) is 0 Å². The molecule has 17 heavy (non-hydrogen) atoms. The Morgan fingerprint density at radius 1 is 1.35 bits per heavy atom. The van der Waals surface area contributed by atoms with E-state index in [4.69, 9.17) is 0 Å². The minimum Gasteiger partial charge on any atom is -0.365 e. The van der Waals surface area contributed by atoms with Crippen molar-refractivity contribution in [3.63, 3.8) is 0 Å². The van der Waals surface area contributed by atoms with E-state index in [1.807, 2.05) is 0 Å². The summed E-state index contributed by atoms with van der Waals surface area (Å²) in [5.74, 6) is 0.